The Labute approximate surface area is 191 Å². The number of hydrogen-bond donors (Lipinski definition) is 0. The summed E-state index contributed by atoms with van der Waals surface area (Å²) >= 11 is 6.05. The van der Waals surface area contributed by atoms with E-state index in [4.69, 9.17) is 21.1 Å². The fourth-order valence-electron chi connectivity index (χ4n) is 4.00. The van der Waals surface area contributed by atoms with Gasteiger partial charge in [0.1, 0.15) is 5.41 Å². The van der Waals surface area contributed by atoms with Gasteiger partial charge in [-0.2, -0.15) is 5.10 Å². The second-order valence-electron chi connectivity index (χ2n) is 7.53. The molecule has 0 N–H and O–H groups in total. The zero-order valence-corrected chi connectivity index (χ0v) is 18.7. The predicted octanol–water partition coefficient (Wildman–Crippen LogP) is 4.74. The number of benzene rings is 2. The lowest BCUT2D eigenvalue weighted by Gasteiger charge is -2.31. The first kappa shape index (κ1) is 22.0. The van der Waals surface area contributed by atoms with Crippen molar-refractivity contribution < 1.29 is 14.3 Å². The van der Waals surface area contributed by atoms with Crippen molar-refractivity contribution in [1.29, 1.82) is 0 Å². The van der Waals surface area contributed by atoms with Crippen LogP contribution in [0.1, 0.15) is 18.2 Å². The van der Waals surface area contributed by atoms with Crippen LogP contribution in [0.25, 0.3) is 16.8 Å². The highest BCUT2D eigenvalue weighted by atomic mass is 35.5. The third-order valence-electron chi connectivity index (χ3n) is 5.45. The molecular weight excluding hydrogens is 426 g/mol. The van der Waals surface area contributed by atoms with Gasteiger partial charge in [0.25, 0.3) is 0 Å². The van der Waals surface area contributed by atoms with Gasteiger partial charge in [-0.3, -0.25) is 4.79 Å². The molecule has 0 radical (unpaired) electrons. The largest absolute Gasteiger partial charge is 0.465 e. The highest BCUT2D eigenvalue weighted by Crippen LogP contribution is 2.33. The monoisotopic (exact) mass is 449 g/mol. The van der Waals surface area contributed by atoms with E-state index in [0.717, 1.165) is 16.7 Å². The fourth-order valence-corrected chi connectivity index (χ4v) is 4.12. The number of halogens is 1. The van der Waals surface area contributed by atoms with E-state index < -0.39 is 5.41 Å². The van der Waals surface area contributed by atoms with Crippen molar-refractivity contribution >= 4 is 23.2 Å². The van der Waals surface area contributed by atoms with Crippen LogP contribution in [0.3, 0.4) is 0 Å². The lowest BCUT2D eigenvalue weighted by Crippen LogP contribution is -2.45. The number of hydrogen-bond acceptors (Lipinski definition) is 5. The van der Waals surface area contributed by atoms with Crippen LogP contribution < -0.4 is 0 Å². The van der Waals surface area contributed by atoms with Crippen LogP contribution in [-0.2, 0) is 26.1 Å². The Hall–Kier alpha value is -3.22. The maximum Gasteiger partial charge on any atom is 0.320 e. The summed E-state index contributed by atoms with van der Waals surface area (Å²) in [6, 6.07) is 19.1. The molecule has 2 heterocycles. The Bertz CT molecular complexity index is 1210. The molecule has 0 amide bonds. The number of nitrogens with zero attached hydrogens (tertiary/aromatic N) is 3. The maximum absolute atomic E-state index is 13.4. The molecule has 4 aromatic rings. The molecule has 0 aliphatic heterocycles. The molecule has 1 atom stereocenters. The van der Waals surface area contributed by atoms with Gasteiger partial charge in [0.2, 0.25) is 0 Å². The predicted molar refractivity (Wildman–Crippen MR) is 124 cm³/mol. The lowest BCUT2D eigenvalue weighted by molar-refractivity contribution is -0.152. The van der Waals surface area contributed by atoms with Crippen molar-refractivity contribution in [3.8, 4) is 11.1 Å². The minimum Gasteiger partial charge on any atom is -0.465 e. The summed E-state index contributed by atoms with van der Waals surface area (Å²) in [5, 5.41) is 5.26. The van der Waals surface area contributed by atoms with Crippen molar-refractivity contribution in [3.05, 3.63) is 89.3 Å². The van der Waals surface area contributed by atoms with E-state index in [0.29, 0.717) is 22.8 Å². The summed E-state index contributed by atoms with van der Waals surface area (Å²) in [6.07, 6.45) is 3.84. The molecule has 32 heavy (non-hydrogen) atoms. The molecule has 0 saturated heterocycles. The van der Waals surface area contributed by atoms with Crippen LogP contribution in [0, 0.1) is 0 Å². The Balaban J connectivity index is 1.91. The second kappa shape index (κ2) is 9.51. The van der Waals surface area contributed by atoms with Gasteiger partial charge in [0.15, 0.2) is 5.65 Å². The van der Waals surface area contributed by atoms with E-state index in [9.17, 15) is 4.79 Å². The molecule has 2 aromatic heterocycles. The minimum atomic E-state index is -1.10. The fraction of sp³-hybridized carbons (Fsp3) is 0.240. The standard InChI is InChI=1S/C25H24ClN3O3/c1-3-32-24(30)25(17-31-2,15-18-7-5-4-6-8-18)22-13-14-27-23-21(16-28-29(22)23)19-9-11-20(26)12-10-19/h4-14,16H,3,15,17H2,1-2H3. The molecule has 0 aliphatic rings. The van der Waals surface area contributed by atoms with Crippen LogP contribution in [0.2, 0.25) is 5.02 Å². The zero-order chi connectivity index (χ0) is 22.6. The van der Waals surface area contributed by atoms with E-state index in [2.05, 4.69) is 10.1 Å². The van der Waals surface area contributed by atoms with Crippen LogP contribution in [-0.4, -0.2) is 40.9 Å². The number of fused-ring (bicyclic) bond motifs is 1. The summed E-state index contributed by atoms with van der Waals surface area (Å²) < 4.78 is 12.8. The molecule has 7 heteroatoms. The number of carbonyl (C=O) groups is 1. The normalized spacial score (nSPS) is 13.1. The Morgan fingerprint density at radius 2 is 1.84 bits per heavy atom. The van der Waals surface area contributed by atoms with Gasteiger partial charge in [-0.05, 0) is 42.7 Å². The summed E-state index contributed by atoms with van der Waals surface area (Å²) in [5.74, 6) is -0.359. The summed E-state index contributed by atoms with van der Waals surface area (Å²) in [4.78, 5) is 18.0. The average molecular weight is 450 g/mol. The highest BCUT2D eigenvalue weighted by Gasteiger charge is 2.44. The number of methoxy groups -OCH3 is 1. The maximum atomic E-state index is 13.4. The molecule has 164 valence electrons. The smallest absolute Gasteiger partial charge is 0.320 e. The van der Waals surface area contributed by atoms with E-state index in [1.807, 2.05) is 60.7 Å². The van der Waals surface area contributed by atoms with Crippen LogP contribution >= 0.6 is 11.6 Å². The minimum absolute atomic E-state index is 0.135. The molecule has 2 aromatic carbocycles. The van der Waals surface area contributed by atoms with E-state index >= 15 is 0 Å². The zero-order valence-electron chi connectivity index (χ0n) is 18.0. The van der Waals surface area contributed by atoms with Gasteiger partial charge in [-0.15, -0.1) is 0 Å². The molecule has 0 aliphatic carbocycles. The van der Waals surface area contributed by atoms with Gasteiger partial charge in [-0.1, -0.05) is 54.1 Å². The van der Waals surface area contributed by atoms with Gasteiger partial charge < -0.3 is 9.47 Å². The van der Waals surface area contributed by atoms with Crippen molar-refractivity contribution in [3.63, 3.8) is 0 Å². The SMILES string of the molecule is CCOC(=O)C(COC)(Cc1ccccc1)c1ccnc2c(-c3ccc(Cl)cc3)cnn12. The number of rotatable bonds is 8. The first-order valence-electron chi connectivity index (χ1n) is 10.4. The van der Waals surface area contributed by atoms with Gasteiger partial charge in [-0.25, -0.2) is 9.50 Å². The first-order valence-corrected chi connectivity index (χ1v) is 10.8. The molecular formula is C25H24ClN3O3. The molecule has 0 bridgehead atoms. The number of ether oxygens (including phenoxy) is 2. The third kappa shape index (κ3) is 4.11. The lowest BCUT2D eigenvalue weighted by atomic mass is 9.78. The van der Waals surface area contributed by atoms with Crippen molar-refractivity contribution in [2.45, 2.75) is 18.8 Å². The molecule has 4 rings (SSSR count). The second-order valence-corrected chi connectivity index (χ2v) is 7.97. The van der Waals surface area contributed by atoms with Crippen molar-refractivity contribution in [1.82, 2.24) is 14.6 Å². The Morgan fingerprint density at radius 1 is 1.09 bits per heavy atom. The Morgan fingerprint density at radius 3 is 2.53 bits per heavy atom. The molecule has 0 fully saturated rings. The van der Waals surface area contributed by atoms with Crippen molar-refractivity contribution in [2.24, 2.45) is 0 Å². The first-order chi connectivity index (χ1) is 15.6. The van der Waals surface area contributed by atoms with Crippen LogP contribution in [0.15, 0.2) is 73.1 Å². The van der Waals surface area contributed by atoms with Crippen LogP contribution in [0.5, 0.6) is 0 Å². The topological polar surface area (TPSA) is 65.7 Å². The molecule has 6 nitrogen and oxygen atoms in total. The van der Waals surface area contributed by atoms with Crippen molar-refractivity contribution in [2.75, 3.05) is 20.3 Å². The molecule has 1 unspecified atom stereocenters. The summed E-state index contributed by atoms with van der Waals surface area (Å²) in [6.45, 7) is 2.20. The van der Waals surface area contributed by atoms with Crippen LogP contribution in [0.4, 0.5) is 0 Å². The van der Waals surface area contributed by atoms with E-state index in [1.54, 1.807) is 30.9 Å². The number of aromatic nitrogens is 3. The number of carbonyl (C=O) groups excluding carboxylic acids is 1. The summed E-state index contributed by atoms with van der Waals surface area (Å²) in [5.41, 5.74) is 2.97. The summed E-state index contributed by atoms with van der Waals surface area (Å²) in [7, 11) is 1.58. The van der Waals surface area contributed by atoms with Gasteiger partial charge in [0.05, 0.1) is 25.1 Å². The highest BCUT2D eigenvalue weighted by molar-refractivity contribution is 6.30. The average Bonchev–Trinajstić information content (AvgIpc) is 3.24. The Kier molecular flexibility index (Phi) is 6.53. The third-order valence-corrected chi connectivity index (χ3v) is 5.70. The van der Waals surface area contributed by atoms with E-state index in [1.165, 1.54) is 0 Å². The molecule has 0 spiro atoms. The quantitative estimate of drug-likeness (QED) is 0.363. The number of esters is 1. The molecule has 0 saturated carbocycles. The van der Waals surface area contributed by atoms with E-state index in [-0.39, 0.29) is 19.2 Å². The van der Waals surface area contributed by atoms with Gasteiger partial charge >= 0.3 is 5.97 Å². The van der Waals surface area contributed by atoms with Gasteiger partial charge in [0, 0.05) is 23.9 Å².